The number of amidine groups is 1. The molecule has 1 N–H and O–H groups in total. The van der Waals surface area contributed by atoms with Crippen LogP contribution in [0.15, 0.2) is 88.8 Å². The molecule has 0 saturated carbocycles. The second-order valence-corrected chi connectivity index (χ2v) is 8.35. The lowest BCUT2D eigenvalue weighted by atomic mass is 10.1. The number of nitrogens with zero attached hydrogens (tertiary/aromatic N) is 2. The van der Waals surface area contributed by atoms with Crippen LogP contribution in [0.5, 0.6) is 5.75 Å². The fourth-order valence-corrected chi connectivity index (χ4v) is 4.38. The number of aromatic carboxylic acids is 1. The van der Waals surface area contributed by atoms with Gasteiger partial charge < -0.3 is 9.84 Å². The van der Waals surface area contributed by atoms with Crippen LogP contribution in [0.2, 0.25) is 0 Å². The summed E-state index contributed by atoms with van der Waals surface area (Å²) in [6, 6.07) is 24.4. The van der Waals surface area contributed by atoms with Gasteiger partial charge in [-0.25, -0.2) is 4.79 Å². The normalized spacial score (nSPS) is 15.9. The van der Waals surface area contributed by atoms with Crippen LogP contribution in [0.25, 0.3) is 6.08 Å². The van der Waals surface area contributed by atoms with E-state index in [2.05, 4.69) is 0 Å². The Morgan fingerprint density at radius 1 is 1.03 bits per heavy atom. The summed E-state index contributed by atoms with van der Waals surface area (Å²) in [5.74, 6) is -0.984. The van der Waals surface area contributed by atoms with Gasteiger partial charge in [-0.05, 0) is 46.7 Å². The van der Waals surface area contributed by atoms with Crippen molar-refractivity contribution in [3.8, 4) is 5.75 Å². The zero-order chi connectivity index (χ0) is 23.2. The van der Waals surface area contributed by atoms with Crippen LogP contribution in [0.3, 0.4) is 0 Å². The molecule has 1 saturated heterocycles. The molecule has 33 heavy (non-hydrogen) atoms. The second kappa shape index (κ2) is 10.2. The van der Waals surface area contributed by atoms with Crippen LogP contribution in [-0.4, -0.2) is 34.2 Å². The predicted molar refractivity (Wildman–Crippen MR) is 130 cm³/mol. The number of carboxylic acid groups (broad SMARTS) is 1. The Bertz CT molecular complexity index is 1220. The first kappa shape index (κ1) is 22.4. The van der Waals surface area contributed by atoms with Gasteiger partial charge in [-0.2, -0.15) is 0 Å². The first-order valence-electron chi connectivity index (χ1n) is 10.3. The SMILES string of the molecule is COc1ccc(/C=C2/SC(=NCc3ccccc3)N(Cc3ccccc3)C2=O)cc1C(=O)O. The van der Waals surface area contributed by atoms with E-state index in [1.54, 1.807) is 23.1 Å². The number of thioether (sulfide) groups is 1. The summed E-state index contributed by atoms with van der Waals surface area (Å²) in [4.78, 5) is 31.7. The number of ether oxygens (including phenoxy) is 1. The van der Waals surface area contributed by atoms with Crippen molar-refractivity contribution in [2.24, 2.45) is 4.99 Å². The highest BCUT2D eigenvalue weighted by molar-refractivity contribution is 8.18. The summed E-state index contributed by atoms with van der Waals surface area (Å²) in [5.41, 5.74) is 2.70. The van der Waals surface area contributed by atoms with Crippen LogP contribution >= 0.6 is 11.8 Å². The van der Waals surface area contributed by atoms with Gasteiger partial charge in [0.15, 0.2) is 5.17 Å². The van der Waals surface area contributed by atoms with Gasteiger partial charge in [0.25, 0.3) is 5.91 Å². The van der Waals surface area contributed by atoms with E-state index in [9.17, 15) is 14.7 Å². The van der Waals surface area contributed by atoms with Crippen molar-refractivity contribution in [3.63, 3.8) is 0 Å². The Labute approximate surface area is 196 Å². The van der Waals surface area contributed by atoms with Crippen LogP contribution < -0.4 is 4.74 Å². The third kappa shape index (κ3) is 5.32. The summed E-state index contributed by atoms with van der Waals surface area (Å²) < 4.78 is 5.13. The molecular formula is C26H22N2O4S. The first-order chi connectivity index (χ1) is 16.0. The van der Waals surface area contributed by atoms with Gasteiger partial charge >= 0.3 is 5.97 Å². The molecule has 1 heterocycles. The number of aliphatic imine (C=N–C) groups is 1. The third-order valence-corrected chi connectivity index (χ3v) is 6.11. The fourth-order valence-electron chi connectivity index (χ4n) is 3.41. The molecule has 4 rings (SSSR count). The molecule has 1 fully saturated rings. The number of hydrogen-bond donors (Lipinski definition) is 1. The summed E-state index contributed by atoms with van der Waals surface area (Å²) in [6.45, 7) is 0.862. The molecule has 1 aliphatic rings. The molecule has 0 unspecified atom stereocenters. The molecule has 3 aromatic carbocycles. The minimum absolute atomic E-state index is 0.0430. The van der Waals surface area contributed by atoms with Gasteiger partial charge in [-0.3, -0.25) is 14.7 Å². The monoisotopic (exact) mass is 458 g/mol. The van der Waals surface area contributed by atoms with Crippen molar-refractivity contribution in [1.29, 1.82) is 0 Å². The quantitative estimate of drug-likeness (QED) is 0.500. The van der Waals surface area contributed by atoms with Gasteiger partial charge in [0.2, 0.25) is 0 Å². The average Bonchev–Trinajstić information content (AvgIpc) is 3.13. The topological polar surface area (TPSA) is 79.2 Å². The van der Waals surface area contributed by atoms with Gasteiger partial charge in [-0.1, -0.05) is 66.7 Å². The maximum absolute atomic E-state index is 13.3. The zero-order valence-electron chi connectivity index (χ0n) is 18.0. The number of carbonyl (C=O) groups excluding carboxylic acids is 1. The van der Waals surface area contributed by atoms with Gasteiger partial charge in [0.1, 0.15) is 11.3 Å². The highest BCUT2D eigenvalue weighted by atomic mass is 32.2. The number of benzene rings is 3. The summed E-state index contributed by atoms with van der Waals surface area (Å²) in [7, 11) is 1.42. The Morgan fingerprint density at radius 2 is 1.70 bits per heavy atom. The van der Waals surface area contributed by atoms with E-state index in [-0.39, 0.29) is 17.2 Å². The third-order valence-electron chi connectivity index (χ3n) is 5.06. The first-order valence-corrected chi connectivity index (χ1v) is 11.1. The molecular weight excluding hydrogens is 436 g/mol. The van der Waals surface area contributed by atoms with Crippen LogP contribution in [0.1, 0.15) is 27.0 Å². The Morgan fingerprint density at radius 3 is 2.33 bits per heavy atom. The molecule has 3 aromatic rings. The molecule has 0 radical (unpaired) electrons. The van der Waals surface area contributed by atoms with Gasteiger partial charge in [0, 0.05) is 0 Å². The molecule has 0 bridgehead atoms. The molecule has 7 heteroatoms. The number of carbonyl (C=O) groups is 2. The predicted octanol–water partition coefficient (Wildman–Crippen LogP) is 5.07. The molecule has 1 aliphatic heterocycles. The van der Waals surface area contributed by atoms with Crippen molar-refractivity contribution < 1.29 is 19.4 Å². The van der Waals surface area contributed by atoms with E-state index < -0.39 is 5.97 Å². The molecule has 0 spiro atoms. The van der Waals surface area contributed by atoms with E-state index in [0.29, 0.717) is 28.7 Å². The van der Waals surface area contributed by atoms with E-state index >= 15 is 0 Å². The molecule has 1 amide bonds. The van der Waals surface area contributed by atoms with Gasteiger partial charge in [0.05, 0.1) is 25.1 Å². The maximum Gasteiger partial charge on any atom is 0.339 e. The highest BCUT2D eigenvalue weighted by Crippen LogP contribution is 2.34. The van der Waals surface area contributed by atoms with Crippen molar-refractivity contribution >= 4 is 34.9 Å². The minimum Gasteiger partial charge on any atom is -0.496 e. The summed E-state index contributed by atoms with van der Waals surface area (Å²) in [5, 5.41) is 10.1. The standard InChI is InChI=1S/C26H22N2O4S/c1-32-22-13-12-20(14-21(22)25(30)31)15-23-24(29)28(17-19-10-6-3-7-11-19)26(33-23)27-16-18-8-4-2-5-9-18/h2-15H,16-17H2,1H3,(H,30,31)/b23-15+,27-26?. The van der Waals surface area contributed by atoms with Crippen LogP contribution in [0.4, 0.5) is 0 Å². The van der Waals surface area contributed by atoms with Crippen molar-refractivity contribution in [2.45, 2.75) is 13.1 Å². The fraction of sp³-hybridized carbons (Fsp3) is 0.115. The van der Waals surface area contributed by atoms with E-state index in [4.69, 9.17) is 9.73 Å². The van der Waals surface area contributed by atoms with Crippen molar-refractivity contribution in [1.82, 2.24) is 4.90 Å². The largest absolute Gasteiger partial charge is 0.496 e. The lowest BCUT2D eigenvalue weighted by Gasteiger charge is -2.15. The van der Waals surface area contributed by atoms with E-state index in [1.807, 2.05) is 60.7 Å². The van der Waals surface area contributed by atoms with Gasteiger partial charge in [-0.15, -0.1) is 0 Å². The summed E-state index contributed by atoms with van der Waals surface area (Å²) >= 11 is 1.29. The molecule has 6 nitrogen and oxygen atoms in total. The Kier molecular flexibility index (Phi) is 6.90. The lowest BCUT2D eigenvalue weighted by molar-refractivity contribution is -0.122. The van der Waals surface area contributed by atoms with E-state index in [0.717, 1.165) is 11.1 Å². The van der Waals surface area contributed by atoms with Crippen LogP contribution in [0, 0.1) is 0 Å². The number of carboxylic acids is 1. The van der Waals surface area contributed by atoms with Crippen LogP contribution in [-0.2, 0) is 17.9 Å². The highest BCUT2D eigenvalue weighted by Gasteiger charge is 2.33. The number of methoxy groups -OCH3 is 1. The minimum atomic E-state index is -1.09. The number of rotatable bonds is 7. The Balaban J connectivity index is 1.66. The average molecular weight is 459 g/mol. The van der Waals surface area contributed by atoms with Crippen molar-refractivity contribution in [2.75, 3.05) is 7.11 Å². The zero-order valence-corrected chi connectivity index (χ0v) is 18.8. The number of amides is 1. The smallest absolute Gasteiger partial charge is 0.339 e. The summed E-state index contributed by atoms with van der Waals surface area (Å²) in [6.07, 6.45) is 1.70. The van der Waals surface area contributed by atoms with Crippen molar-refractivity contribution in [3.05, 3.63) is 106 Å². The van der Waals surface area contributed by atoms with E-state index in [1.165, 1.54) is 24.9 Å². The second-order valence-electron chi connectivity index (χ2n) is 7.34. The maximum atomic E-state index is 13.3. The number of hydrogen-bond acceptors (Lipinski definition) is 5. The lowest BCUT2D eigenvalue weighted by Crippen LogP contribution is -2.28. The molecule has 166 valence electrons. The Hall–Kier alpha value is -3.84. The molecule has 0 aromatic heterocycles. The molecule has 0 aliphatic carbocycles. The molecule has 0 atom stereocenters.